The first-order valence-electron chi connectivity index (χ1n) is 9.66. The fourth-order valence-corrected chi connectivity index (χ4v) is 3.92. The van der Waals surface area contributed by atoms with Gasteiger partial charge in [0.25, 0.3) is 0 Å². The average Bonchev–Trinajstić information content (AvgIpc) is 2.68. The Balaban J connectivity index is 1.59. The third kappa shape index (κ3) is 4.33. The van der Waals surface area contributed by atoms with Crippen molar-refractivity contribution >= 4 is 23.2 Å². The van der Waals surface area contributed by atoms with Gasteiger partial charge in [-0.2, -0.15) is 0 Å². The number of likely N-dealkylation sites (tertiary alicyclic amines) is 1. The van der Waals surface area contributed by atoms with E-state index in [1.54, 1.807) is 4.90 Å². The third-order valence-electron chi connectivity index (χ3n) is 5.40. The molecule has 136 valence electrons. The highest BCUT2D eigenvalue weighted by Gasteiger charge is 2.29. The summed E-state index contributed by atoms with van der Waals surface area (Å²) in [6, 6.07) is 8.04. The lowest BCUT2D eigenvalue weighted by atomic mass is 10.00. The monoisotopic (exact) mass is 343 g/mol. The Morgan fingerprint density at radius 2 is 1.68 bits per heavy atom. The molecule has 1 aromatic rings. The van der Waals surface area contributed by atoms with Gasteiger partial charge in [-0.3, -0.25) is 9.59 Å². The maximum Gasteiger partial charge on any atom is 0.313 e. The Morgan fingerprint density at radius 3 is 2.36 bits per heavy atom. The normalized spacial score (nSPS) is 21.1. The number of nitrogens with one attached hydrogen (secondary N) is 1. The molecule has 2 saturated heterocycles. The molecule has 2 heterocycles. The highest BCUT2D eigenvalue weighted by atomic mass is 16.2. The van der Waals surface area contributed by atoms with Gasteiger partial charge in [-0.15, -0.1) is 0 Å². The molecule has 1 unspecified atom stereocenters. The van der Waals surface area contributed by atoms with Gasteiger partial charge in [0.05, 0.1) is 0 Å². The van der Waals surface area contributed by atoms with Crippen molar-refractivity contribution in [3.05, 3.63) is 24.3 Å². The van der Waals surface area contributed by atoms with Gasteiger partial charge in [0, 0.05) is 37.1 Å². The third-order valence-corrected chi connectivity index (χ3v) is 5.40. The fourth-order valence-electron chi connectivity index (χ4n) is 3.92. The van der Waals surface area contributed by atoms with Crippen LogP contribution in [0, 0.1) is 0 Å². The Bertz CT molecular complexity index is 593. The molecular formula is C20H29N3O2. The van der Waals surface area contributed by atoms with Gasteiger partial charge >= 0.3 is 11.8 Å². The van der Waals surface area contributed by atoms with Crippen LogP contribution in [-0.2, 0) is 9.59 Å². The number of anilines is 2. The number of nitrogens with zero attached hydrogens (tertiary/aromatic N) is 2. The van der Waals surface area contributed by atoms with Gasteiger partial charge in [-0.05, 0) is 69.2 Å². The lowest BCUT2D eigenvalue weighted by Gasteiger charge is -2.34. The summed E-state index contributed by atoms with van der Waals surface area (Å²) in [5.74, 6) is -0.919. The van der Waals surface area contributed by atoms with E-state index in [-0.39, 0.29) is 6.04 Å². The van der Waals surface area contributed by atoms with E-state index in [0.717, 1.165) is 38.8 Å². The minimum Gasteiger partial charge on any atom is -0.372 e. The number of carbonyl (C=O) groups is 2. The van der Waals surface area contributed by atoms with Crippen molar-refractivity contribution in [2.75, 3.05) is 29.9 Å². The van der Waals surface area contributed by atoms with Gasteiger partial charge in [0.2, 0.25) is 0 Å². The number of hydrogen-bond acceptors (Lipinski definition) is 3. The summed E-state index contributed by atoms with van der Waals surface area (Å²) in [6.07, 6.45) is 7.82. The van der Waals surface area contributed by atoms with Gasteiger partial charge in [-0.1, -0.05) is 6.92 Å². The van der Waals surface area contributed by atoms with Crippen LogP contribution in [0.5, 0.6) is 0 Å². The van der Waals surface area contributed by atoms with E-state index < -0.39 is 11.8 Å². The van der Waals surface area contributed by atoms with E-state index in [9.17, 15) is 9.59 Å². The van der Waals surface area contributed by atoms with Gasteiger partial charge in [-0.25, -0.2) is 0 Å². The van der Waals surface area contributed by atoms with Crippen molar-refractivity contribution in [2.24, 2.45) is 0 Å². The maximum atomic E-state index is 12.5. The van der Waals surface area contributed by atoms with Crippen molar-refractivity contribution in [3.8, 4) is 0 Å². The summed E-state index contributed by atoms with van der Waals surface area (Å²) < 4.78 is 0. The lowest BCUT2D eigenvalue weighted by molar-refractivity contribution is -0.145. The minimum absolute atomic E-state index is 0.202. The molecule has 2 fully saturated rings. The molecule has 0 radical (unpaired) electrons. The van der Waals surface area contributed by atoms with Crippen LogP contribution in [-0.4, -0.2) is 42.4 Å². The first kappa shape index (κ1) is 17.8. The lowest BCUT2D eigenvalue weighted by Crippen LogP contribution is -2.48. The molecule has 5 nitrogen and oxygen atoms in total. The second-order valence-electron chi connectivity index (χ2n) is 7.11. The number of piperidine rings is 2. The first-order valence-corrected chi connectivity index (χ1v) is 9.66. The zero-order valence-corrected chi connectivity index (χ0v) is 15.2. The number of benzene rings is 1. The van der Waals surface area contributed by atoms with E-state index in [2.05, 4.69) is 17.1 Å². The number of carbonyl (C=O) groups excluding carboxylic acids is 2. The molecule has 1 aromatic carbocycles. The molecule has 2 aliphatic rings. The highest BCUT2D eigenvalue weighted by molar-refractivity contribution is 6.39. The van der Waals surface area contributed by atoms with Crippen LogP contribution in [0.1, 0.15) is 51.9 Å². The molecule has 0 saturated carbocycles. The predicted molar refractivity (Wildman–Crippen MR) is 101 cm³/mol. The number of amides is 2. The summed E-state index contributed by atoms with van der Waals surface area (Å²) >= 11 is 0. The van der Waals surface area contributed by atoms with Crippen LogP contribution < -0.4 is 10.2 Å². The molecule has 3 rings (SSSR count). The van der Waals surface area contributed by atoms with Gasteiger partial charge < -0.3 is 15.1 Å². The summed E-state index contributed by atoms with van der Waals surface area (Å²) in [7, 11) is 0. The SMILES string of the molecule is CCC1CCCCN1C(=O)C(=O)Nc1ccc(N2CCCCC2)cc1. The van der Waals surface area contributed by atoms with Crippen LogP contribution in [0.2, 0.25) is 0 Å². The van der Waals surface area contributed by atoms with E-state index in [0.29, 0.717) is 12.2 Å². The molecule has 1 atom stereocenters. The van der Waals surface area contributed by atoms with E-state index in [1.807, 2.05) is 24.3 Å². The van der Waals surface area contributed by atoms with Crippen LogP contribution in [0.15, 0.2) is 24.3 Å². The molecule has 25 heavy (non-hydrogen) atoms. The largest absolute Gasteiger partial charge is 0.372 e. The molecule has 0 spiro atoms. The Kier molecular flexibility index (Phi) is 5.95. The van der Waals surface area contributed by atoms with Crippen LogP contribution in [0.25, 0.3) is 0 Å². The average molecular weight is 343 g/mol. The maximum absolute atomic E-state index is 12.5. The van der Waals surface area contributed by atoms with Crippen molar-refractivity contribution in [1.29, 1.82) is 0 Å². The Labute approximate surface area is 150 Å². The quantitative estimate of drug-likeness (QED) is 0.856. The molecule has 2 amide bonds. The Hall–Kier alpha value is -2.04. The second kappa shape index (κ2) is 8.37. The first-order chi connectivity index (χ1) is 12.2. The van der Waals surface area contributed by atoms with Crippen LogP contribution in [0.3, 0.4) is 0 Å². The van der Waals surface area contributed by atoms with Gasteiger partial charge in [0.15, 0.2) is 0 Å². The van der Waals surface area contributed by atoms with Gasteiger partial charge in [0.1, 0.15) is 0 Å². The molecule has 2 aliphatic heterocycles. The number of rotatable bonds is 3. The second-order valence-corrected chi connectivity index (χ2v) is 7.11. The summed E-state index contributed by atoms with van der Waals surface area (Å²) in [6.45, 7) is 4.96. The summed E-state index contributed by atoms with van der Waals surface area (Å²) in [5, 5.41) is 2.77. The van der Waals surface area contributed by atoms with E-state index in [4.69, 9.17) is 0 Å². The molecule has 0 aromatic heterocycles. The van der Waals surface area contributed by atoms with Crippen molar-refractivity contribution in [3.63, 3.8) is 0 Å². The van der Waals surface area contributed by atoms with Crippen molar-refractivity contribution in [2.45, 2.75) is 57.9 Å². The standard InChI is InChI=1S/C20H29N3O2/c1-2-17-8-4-7-15-23(17)20(25)19(24)21-16-9-11-18(12-10-16)22-13-5-3-6-14-22/h9-12,17H,2-8,13-15H2,1H3,(H,21,24). The zero-order valence-electron chi connectivity index (χ0n) is 15.2. The number of hydrogen-bond donors (Lipinski definition) is 1. The summed E-state index contributed by atoms with van der Waals surface area (Å²) in [5.41, 5.74) is 1.87. The fraction of sp³-hybridized carbons (Fsp3) is 0.600. The topological polar surface area (TPSA) is 52.7 Å². The Morgan fingerprint density at radius 1 is 1.00 bits per heavy atom. The highest BCUT2D eigenvalue weighted by Crippen LogP contribution is 2.23. The van der Waals surface area contributed by atoms with Crippen molar-refractivity contribution < 1.29 is 9.59 Å². The molecular weight excluding hydrogens is 314 g/mol. The summed E-state index contributed by atoms with van der Waals surface area (Å²) in [4.78, 5) is 29.0. The predicted octanol–water partition coefficient (Wildman–Crippen LogP) is 3.41. The van der Waals surface area contributed by atoms with Crippen molar-refractivity contribution in [1.82, 2.24) is 4.90 Å². The van der Waals surface area contributed by atoms with E-state index in [1.165, 1.54) is 24.9 Å². The molecule has 1 N–H and O–H groups in total. The zero-order chi connectivity index (χ0) is 17.6. The molecule has 0 bridgehead atoms. The minimum atomic E-state index is -0.522. The van der Waals surface area contributed by atoms with Crippen LogP contribution >= 0.6 is 0 Å². The smallest absolute Gasteiger partial charge is 0.313 e. The van der Waals surface area contributed by atoms with Crippen LogP contribution in [0.4, 0.5) is 11.4 Å². The molecule has 0 aliphatic carbocycles. The van der Waals surface area contributed by atoms with E-state index >= 15 is 0 Å². The molecule has 5 heteroatoms.